The standard InChI is InChI=1S/C26H22N2O4/c29-25(21-8-4-9-23(16-21)32-18-20-6-2-1-3-7-20)27-17-19-11-13-22(14-12-19)28-26(30)24-10-5-15-31-24/h1-16H,17-18H2,(H,27,29)(H,28,30). The Labute approximate surface area is 185 Å². The first kappa shape index (κ1) is 20.9. The molecule has 1 aromatic heterocycles. The molecule has 3 aromatic carbocycles. The van der Waals surface area contributed by atoms with Crippen molar-refractivity contribution in [2.75, 3.05) is 5.32 Å². The Morgan fingerprint density at radius 1 is 0.781 bits per heavy atom. The van der Waals surface area contributed by atoms with Crippen molar-refractivity contribution in [2.45, 2.75) is 13.2 Å². The average Bonchev–Trinajstić information content (AvgIpc) is 3.38. The molecule has 1 heterocycles. The van der Waals surface area contributed by atoms with Crippen LogP contribution in [0.5, 0.6) is 5.75 Å². The zero-order valence-corrected chi connectivity index (χ0v) is 17.3. The second kappa shape index (κ2) is 10.1. The summed E-state index contributed by atoms with van der Waals surface area (Å²) in [5, 5.41) is 5.66. The monoisotopic (exact) mass is 426 g/mol. The summed E-state index contributed by atoms with van der Waals surface area (Å²) in [6.45, 7) is 0.801. The maximum absolute atomic E-state index is 12.6. The molecule has 160 valence electrons. The smallest absolute Gasteiger partial charge is 0.291 e. The van der Waals surface area contributed by atoms with E-state index in [1.807, 2.05) is 48.5 Å². The van der Waals surface area contributed by atoms with Gasteiger partial charge in [0.05, 0.1) is 6.26 Å². The van der Waals surface area contributed by atoms with Gasteiger partial charge in [-0.15, -0.1) is 0 Å². The molecule has 2 N–H and O–H groups in total. The number of ether oxygens (including phenoxy) is 1. The third-order valence-corrected chi connectivity index (χ3v) is 4.75. The quantitative estimate of drug-likeness (QED) is 0.414. The molecule has 2 amide bonds. The Balaban J connectivity index is 1.29. The molecule has 0 atom stereocenters. The van der Waals surface area contributed by atoms with Crippen LogP contribution in [0.15, 0.2) is 102 Å². The van der Waals surface area contributed by atoms with Gasteiger partial charge in [0, 0.05) is 17.8 Å². The predicted octanol–water partition coefficient (Wildman–Crippen LogP) is 5.04. The molecular formula is C26H22N2O4. The van der Waals surface area contributed by atoms with E-state index < -0.39 is 0 Å². The molecule has 4 rings (SSSR count). The zero-order chi connectivity index (χ0) is 22.2. The van der Waals surface area contributed by atoms with Crippen molar-refractivity contribution in [2.24, 2.45) is 0 Å². The molecule has 0 aliphatic heterocycles. The molecule has 32 heavy (non-hydrogen) atoms. The molecule has 0 radical (unpaired) electrons. The molecule has 0 bridgehead atoms. The van der Waals surface area contributed by atoms with E-state index in [0.29, 0.717) is 30.2 Å². The highest BCUT2D eigenvalue weighted by Gasteiger charge is 2.09. The molecule has 0 aliphatic rings. The van der Waals surface area contributed by atoms with Crippen molar-refractivity contribution in [3.63, 3.8) is 0 Å². The normalized spacial score (nSPS) is 10.4. The molecule has 0 unspecified atom stereocenters. The lowest BCUT2D eigenvalue weighted by Gasteiger charge is -2.10. The minimum Gasteiger partial charge on any atom is -0.489 e. The van der Waals surface area contributed by atoms with Crippen molar-refractivity contribution < 1.29 is 18.7 Å². The van der Waals surface area contributed by atoms with Gasteiger partial charge in [-0.1, -0.05) is 48.5 Å². The van der Waals surface area contributed by atoms with Crippen molar-refractivity contribution in [1.29, 1.82) is 0 Å². The topological polar surface area (TPSA) is 80.6 Å². The number of anilines is 1. The summed E-state index contributed by atoms with van der Waals surface area (Å²) >= 11 is 0. The molecule has 0 fully saturated rings. The number of hydrogen-bond donors (Lipinski definition) is 2. The van der Waals surface area contributed by atoms with Gasteiger partial charge in [-0.2, -0.15) is 0 Å². The Kier molecular flexibility index (Phi) is 6.63. The van der Waals surface area contributed by atoms with E-state index in [1.54, 1.807) is 42.5 Å². The minimum atomic E-state index is -0.314. The lowest BCUT2D eigenvalue weighted by molar-refractivity contribution is 0.0949. The Morgan fingerprint density at radius 2 is 1.59 bits per heavy atom. The van der Waals surface area contributed by atoms with Gasteiger partial charge in [-0.05, 0) is 53.6 Å². The summed E-state index contributed by atoms with van der Waals surface area (Å²) in [6.07, 6.45) is 1.45. The summed E-state index contributed by atoms with van der Waals surface area (Å²) in [7, 11) is 0. The summed E-state index contributed by atoms with van der Waals surface area (Å²) in [5.41, 5.74) is 3.14. The van der Waals surface area contributed by atoms with Crippen LogP contribution < -0.4 is 15.4 Å². The molecule has 0 aliphatic carbocycles. The molecule has 0 saturated heterocycles. The van der Waals surface area contributed by atoms with Crippen LogP contribution in [0, 0.1) is 0 Å². The molecular weight excluding hydrogens is 404 g/mol. The highest BCUT2D eigenvalue weighted by atomic mass is 16.5. The molecule has 6 nitrogen and oxygen atoms in total. The van der Waals surface area contributed by atoms with Crippen LogP contribution in [-0.2, 0) is 13.2 Å². The fraction of sp³-hybridized carbons (Fsp3) is 0.0769. The maximum Gasteiger partial charge on any atom is 0.291 e. The van der Waals surface area contributed by atoms with Gasteiger partial charge in [0.25, 0.3) is 11.8 Å². The Morgan fingerprint density at radius 3 is 2.34 bits per heavy atom. The van der Waals surface area contributed by atoms with Crippen molar-refractivity contribution >= 4 is 17.5 Å². The van der Waals surface area contributed by atoms with E-state index >= 15 is 0 Å². The van der Waals surface area contributed by atoms with Gasteiger partial charge in [0.2, 0.25) is 0 Å². The lowest BCUT2D eigenvalue weighted by atomic mass is 10.1. The van der Waals surface area contributed by atoms with Crippen molar-refractivity contribution in [3.05, 3.63) is 120 Å². The SMILES string of the molecule is O=C(NCc1ccc(NC(=O)c2ccco2)cc1)c1cccc(OCc2ccccc2)c1. The first-order chi connectivity index (χ1) is 15.7. The summed E-state index contributed by atoms with van der Waals surface area (Å²) in [4.78, 5) is 24.6. The van der Waals surface area contributed by atoms with Gasteiger partial charge in [-0.3, -0.25) is 9.59 Å². The largest absolute Gasteiger partial charge is 0.489 e. The van der Waals surface area contributed by atoms with E-state index in [9.17, 15) is 9.59 Å². The van der Waals surface area contributed by atoms with E-state index in [2.05, 4.69) is 10.6 Å². The fourth-order valence-electron chi connectivity index (χ4n) is 3.06. The van der Waals surface area contributed by atoms with Crippen LogP contribution in [0.3, 0.4) is 0 Å². The third-order valence-electron chi connectivity index (χ3n) is 4.75. The van der Waals surface area contributed by atoms with Crippen LogP contribution >= 0.6 is 0 Å². The first-order valence-electron chi connectivity index (χ1n) is 10.2. The second-order valence-electron chi connectivity index (χ2n) is 7.11. The number of furan rings is 1. The van der Waals surface area contributed by atoms with Crippen LogP contribution in [0.4, 0.5) is 5.69 Å². The zero-order valence-electron chi connectivity index (χ0n) is 17.3. The third kappa shape index (κ3) is 5.64. The van der Waals surface area contributed by atoms with Crippen molar-refractivity contribution in [1.82, 2.24) is 5.32 Å². The number of nitrogens with one attached hydrogen (secondary N) is 2. The number of rotatable bonds is 8. The van der Waals surface area contributed by atoms with E-state index in [1.165, 1.54) is 6.26 Å². The van der Waals surface area contributed by atoms with E-state index in [0.717, 1.165) is 11.1 Å². The molecule has 0 saturated carbocycles. The first-order valence-corrected chi connectivity index (χ1v) is 10.2. The van der Waals surface area contributed by atoms with Crippen LogP contribution in [-0.4, -0.2) is 11.8 Å². The Hall–Kier alpha value is -4.32. The number of carbonyl (C=O) groups is 2. The van der Waals surface area contributed by atoms with Gasteiger partial charge in [-0.25, -0.2) is 0 Å². The summed E-state index contributed by atoms with van der Waals surface area (Å²) < 4.78 is 10.9. The van der Waals surface area contributed by atoms with Crippen LogP contribution in [0.2, 0.25) is 0 Å². The van der Waals surface area contributed by atoms with Crippen LogP contribution in [0.25, 0.3) is 0 Å². The minimum absolute atomic E-state index is 0.189. The summed E-state index contributed by atoms with van der Waals surface area (Å²) in [6, 6.07) is 27.5. The fourth-order valence-corrected chi connectivity index (χ4v) is 3.06. The van der Waals surface area contributed by atoms with Gasteiger partial charge < -0.3 is 19.8 Å². The van der Waals surface area contributed by atoms with Gasteiger partial charge in [0.1, 0.15) is 12.4 Å². The molecule has 6 heteroatoms. The lowest BCUT2D eigenvalue weighted by Crippen LogP contribution is -2.22. The highest BCUT2D eigenvalue weighted by Crippen LogP contribution is 2.16. The predicted molar refractivity (Wildman–Crippen MR) is 121 cm³/mol. The van der Waals surface area contributed by atoms with Gasteiger partial charge >= 0.3 is 0 Å². The number of carbonyl (C=O) groups excluding carboxylic acids is 2. The van der Waals surface area contributed by atoms with Gasteiger partial charge in [0.15, 0.2) is 5.76 Å². The molecule has 4 aromatic rings. The Bertz CT molecular complexity index is 1170. The number of benzene rings is 3. The average molecular weight is 426 g/mol. The maximum atomic E-state index is 12.6. The van der Waals surface area contributed by atoms with E-state index in [-0.39, 0.29) is 17.6 Å². The molecule has 0 spiro atoms. The van der Waals surface area contributed by atoms with Crippen molar-refractivity contribution in [3.8, 4) is 5.75 Å². The number of hydrogen-bond acceptors (Lipinski definition) is 4. The van der Waals surface area contributed by atoms with E-state index in [4.69, 9.17) is 9.15 Å². The summed E-state index contributed by atoms with van der Waals surface area (Å²) in [5.74, 6) is 0.380. The highest BCUT2D eigenvalue weighted by molar-refractivity contribution is 6.02. The van der Waals surface area contributed by atoms with Crippen LogP contribution in [0.1, 0.15) is 32.0 Å². The number of amides is 2. The second-order valence-corrected chi connectivity index (χ2v) is 7.11.